The number of aromatic nitrogens is 3. The van der Waals surface area contributed by atoms with Gasteiger partial charge in [0.05, 0.1) is 17.3 Å². The quantitative estimate of drug-likeness (QED) is 0.642. The summed E-state index contributed by atoms with van der Waals surface area (Å²) in [6.07, 6.45) is 2.29. The highest BCUT2D eigenvalue weighted by Crippen LogP contribution is 2.35. The van der Waals surface area contributed by atoms with Gasteiger partial charge in [0.15, 0.2) is 5.82 Å². The maximum Gasteiger partial charge on any atom is 0.311 e. The van der Waals surface area contributed by atoms with Gasteiger partial charge in [-0.3, -0.25) is 4.79 Å². The number of aryl methyl sites for hydroxylation is 3. The monoisotopic (exact) mass is 401 g/mol. The van der Waals surface area contributed by atoms with Gasteiger partial charge in [-0.1, -0.05) is 23.7 Å². The summed E-state index contributed by atoms with van der Waals surface area (Å²) < 4.78 is 7.11. The van der Waals surface area contributed by atoms with Gasteiger partial charge in [0.1, 0.15) is 6.61 Å². The van der Waals surface area contributed by atoms with Crippen molar-refractivity contribution >= 4 is 17.6 Å². The van der Waals surface area contributed by atoms with Gasteiger partial charge in [0.25, 0.3) is 0 Å². The lowest BCUT2D eigenvalue weighted by Gasteiger charge is -2.17. The van der Waals surface area contributed by atoms with Crippen LogP contribution >= 0.6 is 11.6 Å². The van der Waals surface area contributed by atoms with Crippen LogP contribution < -0.4 is 0 Å². The van der Waals surface area contributed by atoms with Gasteiger partial charge >= 0.3 is 5.97 Å². The molecular weight excluding hydrogens is 378 g/mol. The van der Waals surface area contributed by atoms with Crippen LogP contribution in [0.5, 0.6) is 5.88 Å². The fourth-order valence-electron chi connectivity index (χ4n) is 2.84. The molecule has 1 aromatic rings. The summed E-state index contributed by atoms with van der Waals surface area (Å²) in [5, 5.41) is 11.5. The van der Waals surface area contributed by atoms with E-state index in [0.29, 0.717) is 40.6 Å². The molecule has 7 heteroatoms. The molecule has 28 heavy (non-hydrogen) atoms. The van der Waals surface area contributed by atoms with Gasteiger partial charge in [-0.25, -0.2) is 9.97 Å². The fraction of sp³-hybridized carbons (Fsp3) is 0.381. The molecule has 0 spiro atoms. The van der Waals surface area contributed by atoms with Crippen molar-refractivity contribution in [1.29, 1.82) is 0 Å². The number of rotatable bonds is 5. The SMILES string of the molecule is Cc1nc2ncn(CCc3ccc(Cl)cc3)c(O)c-2c1COC(=O)C(C)(C)C. The maximum absolute atomic E-state index is 12.1. The number of nitrogens with zero attached hydrogens (tertiary/aromatic N) is 3. The molecule has 2 heterocycles. The van der Waals surface area contributed by atoms with Gasteiger partial charge in [0.2, 0.25) is 5.88 Å². The number of aromatic hydroxyl groups is 1. The largest absolute Gasteiger partial charge is 0.494 e. The summed E-state index contributed by atoms with van der Waals surface area (Å²) in [6.45, 7) is 7.81. The molecule has 0 radical (unpaired) electrons. The summed E-state index contributed by atoms with van der Waals surface area (Å²) in [5.74, 6) is 0.209. The smallest absolute Gasteiger partial charge is 0.311 e. The van der Waals surface area contributed by atoms with Crippen LogP contribution in [0.4, 0.5) is 0 Å². The van der Waals surface area contributed by atoms with E-state index in [-0.39, 0.29) is 18.5 Å². The Morgan fingerprint density at radius 1 is 1.25 bits per heavy atom. The first-order valence-corrected chi connectivity index (χ1v) is 9.49. The number of esters is 1. The van der Waals surface area contributed by atoms with E-state index in [4.69, 9.17) is 16.3 Å². The molecule has 0 unspecified atom stereocenters. The first-order valence-electron chi connectivity index (χ1n) is 9.12. The zero-order valence-electron chi connectivity index (χ0n) is 16.5. The van der Waals surface area contributed by atoms with E-state index in [2.05, 4.69) is 9.97 Å². The summed E-state index contributed by atoms with van der Waals surface area (Å²) >= 11 is 5.92. The Hall–Kier alpha value is -2.60. The second-order valence-corrected chi connectivity index (χ2v) is 8.27. The number of ether oxygens (including phenoxy) is 1. The van der Waals surface area contributed by atoms with Crippen molar-refractivity contribution < 1.29 is 14.6 Å². The first-order chi connectivity index (χ1) is 13.2. The molecule has 2 aliphatic rings. The summed E-state index contributed by atoms with van der Waals surface area (Å²) in [7, 11) is 0. The molecule has 3 rings (SSSR count). The Balaban J connectivity index is 1.84. The molecule has 0 aliphatic carbocycles. The molecule has 0 aromatic heterocycles. The molecule has 2 aliphatic heterocycles. The molecule has 0 fully saturated rings. The van der Waals surface area contributed by atoms with Crippen molar-refractivity contribution in [3.05, 3.63) is 52.4 Å². The number of carbonyl (C=O) groups excluding carboxylic acids is 1. The van der Waals surface area contributed by atoms with E-state index in [1.54, 1.807) is 31.7 Å². The highest BCUT2D eigenvalue weighted by Gasteiger charge is 2.27. The van der Waals surface area contributed by atoms with Crippen LogP contribution in [-0.4, -0.2) is 25.6 Å². The minimum atomic E-state index is -0.595. The van der Waals surface area contributed by atoms with E-state index < -0.39 is 5.41 Å². The van der Waals surface area contributed by atoms with E-state index in [1.165, 1.54) is 0 Å². The molecule has 0 amide bonds. The standard InChI is InChI=1S/C21H24ClN3O3/c1-13-16(11-28-20(27)21(2,3)4)17-18(24-13)23-12-25(19(17)26)10-9-14-5-7-15(22)8-6-14/h5-8,12,26H,9-11H2,1-4H3. The number of hydrogen-bond donors (Lipinski definition) is 1. The third-order valence-electron chi connectivity index (χ3n) is 4.57. The molecule has 6 nitrogen and oxygen atoms in total. The van der Waals surface area contributed by atoms with Crippen molar-refractivity contribution in [2.45, 2.75) is 47.3 Å². The van der Waals surface area contributed by atoms with Crippen LogP contribution in [0.3, 0.4) is 0 Å². The third kappa shape index (κ3) is 4.28. The lowest BCUT2D eigenvalue weighted by molar-refractivity contribution is -0.154. The lowest BCUT2D eigenvalue weighted by Crippen LogP contribution is -2.22. The number of halogens is 1. The molecule has 0 atom stereocenters. The Bertz CT molecular complexity index is 958. The number of hydrogen-bond acceptors (Lipinski definition) is 5. The number of benzene rings is 1. The predicted molar refractivity (Wildman–Crippen MR) is 107 cm³/mol. The van der Waals surface area contributed by atoms with Crippen LogP contribution in [-0.2, 0) is 29.1 Å². The first kappa shape index (κ1) is 20.1. The normalized spacial score (nSPS) is 11.8. The summed E-state index contributed by atoms with van der Waals surface area (Å²) in [6, 6.07) is 7.60. The Labute approximate surface area is 169 Å². The van der Waals surface area contributed by atoms with Crippen molar-refractivity contribution in [2.24, 2.45) is 5.41 Å². The van der Waals surface area contributed by atoms with Crippen LogP contribution in [0.1, 0.15) is 37.6 Å². The minimum Gasteiger partial charge on any atom is -0.494 e. The zero-order valence-corrected chi connectivity index (χ0v) is 17.2. The molecule has 0 saturated carbocycles. The zero-order chi connectivity index (χ0) is 20.5. The Morgan fingerprint density at radius 3 is 2.57 bits per heavy atom. The van der Waals surface area contributed by atoms with Gasteiger partial charge in [-0.2, -0.15) is 0 Å². The van der Waals surface area contributed by atoms with Crippen molar-refractivity contribution in [3.63, 3.8) is 0 Å². The highest BCUT2D eigenvalue weighted by atomic mass is 35.5. The van der Waals surface area contributed by atoms with E-state index in [9.17, 15) is 9.90 Å². The Morgan fingerprint density at radius 2 is 1.93 bits per heavy atom. The van der Waals surface area contributed by atoms with E-state index in [1.807, 2.05) is 31.2 Å². The average Bonchev–Trinajstić information content (AvgIpc) is 2.95. The van der Waals surface area contributed by atoms with Gasteiger partial charge in [-0.15, -0.1) is 0 Å². The second kappa shape index (κ2) is 7.80. The number of carbonyl (C=O) groups is 1. The molecule has 1 N–H and O–H groups in total. The lowest BCUT2D eigenvalue weighted by atomic mass is 9.97. The third-order valence-corrected chi connectivity index (χ3v) is 4.82. The molecule has 0 bridgehead atoms. The topological polar surface area (TPSA) is 77.2 Å². The van der Waals surface area contributed by atoms with Crippen LogP contribution in [0.2, 0.25) is 5.02 Å². The van der Waals surface area contributed by atoms with Crippen LogP contribution in [0.25, 0.3) is 11.4 Å². The maximum atomic E-state index is 12.1. The molecule has 1 aromatic carbocycles. The van der Waals surface area contributed by atoms with Crippen molar-refractivity contribution in [1.82, 2.24) is 14.5 Å². The molecular formula is C21H24ClN3O3. The van der Waals surface area contributed by atoms with E-state index in [0.717, 1.165) is 5.56 Å². The second-order valence-electron chi connectivity index (χ2n) is 7.84. The summed E-state index contributed by atoms with van der Waals surface area (Å²) in [4.78, 5) is 20.9. The average molecular weight is 402 g/mol. The van der Waals surface area contributed by atoms with Gasteiger partial charge in [0, 0.05) is 22.8 Å². The number of fused-ring (bicyclic) bond motifs is 1. The van der Waals surface area contributed by atoms with Gasteiger partial charge in [-0.05, 0) is 51.8 Å². The van der Waals surface area contributed by atoms with E-state index >= 15 is 0 Å². The minimum absolute atomic E-state index is 0.0505. The van der Waals surface area contributed by atoms with Crippen LogP contribution in [0.15, 0.2) is 30.6 Å². The molecule has 148 valence electrons. The summed E-state index contributed by atoms with van der Waals surface area (Å²) in [5.41, 5.74) is 2.40. The molecule has 0 saturated heterocycles. The van der Waals surface area contributed by atoms with Gasteiger partial charge < -0.3 is 14.4 Å². The highest BCUT2D eigenvalue weighted by molar-refractivity contribution is 6.30. The van der Waals surface area contributed by atoms with Crippen LogP contribution in [0, 0.1) is 12.3 Å². The predicted octanol–water partition coefficient (Wildman–Crippen LogP) is 4.38. The Kier molecular flexibility index (Phi) is 5.61. The van der Waals surface area contributed by atoms with Crippen molar-refractivity contribution in [3.8, 4) is 17.3 Å². The van der Waals surface area contributed by atoms with Crippen molar-refractivity contribution in [2.75, 3.05) is 0 Å². The fourth-order valence-corrected chi connectivity index (χ4v) is 2.97.